The van der Waals surface area contributed by atoms with E-state index in [9.17, 15) is 10.1 Å². The summed E-state index contributed by atoms with van der Waals surface area (Å²) in [6.07, 6.45) is 2.62. The van der Waals surface area contributed by atoms with Crippen molar-refractivity contribution < 1.29 is 4.92 Å². The van der Waals surface area contributed by atoms with Crippen molar-refractivity contribution in [3.63, 3.8) is 0 Å². The van der Waals surface area contributed by atoms with Gasteiger partial charge in [-0.1, -0.05) is 13.2 Å². The third-order valence-electron chi connectivity index (χ3n) is 1.31. The van der Waals surface area contributed by atoms with Gasteiger partial charge in [-0.15, -0.1) is 0 Å². The van der Waals surface area contributed by atoms with Crippen LogP contribution in [0.4, 0.5) is 0 Å². The predicted octanol–water partition coefficient (Wildman–Crippen LogP) is 1.84. The zero-order valence-corrected chi connectivity index (χ0v) is 7.91. The first kappa shape index (κ1) is 11.4. The lowest BCUT2D eigenvalue weighted by Crippen LogP contribution is -2.23. The third kappa shape index (κ3) is 3.55. The standard InChI is InChI=1S/C9H14N2O2/c1-5-8(10-7(3)4)9(6-2)11(12)13/h5-7,10H,1-2H2,3-4H3/b9-8-. The lowest BCUT2D eigenvalue weighted by molar-refractivity contribution is -0.420. The van der Waals surface area contributed by atoms with Crippen molar-refractivity contribution in [3.05, 3.63) is 46.8 Å². The maximum Gasteiger partial charge on any atom is 0.291 e. The lowest BCUT2D eigenvalue weighted by Gasteiger charge is -2.09. The van der Waals surface area contributed by atoms with Crippen LogP contribution in [0.25, 0.3) is 0 Å². The van der Waals surface area contributed by atoms with Gasteiger partial charge in [0.2, 0.25) is 0 Å². The van der Waals surface area contributed by atoms with Crippen LogP contribution in [0.5, 0.6) is 0 Å². The van der Waals surface area contributed by atoms with Crippen molar-refractivity contribution in [2.24, 2.45) is 0 Å². The van der Waals surface area contributed by atoms with Gasteiger partial charge in [0.25, 0.3) is 5.70 Å². The Bertz CT molecular complexity index is 254. The van der Waals surface area contributed by atoms with Gasteiger partial charge in [-0.3, -0.25) is 10.1 Å². The van der Waals surface area contributed by atoms with Gasteiger partial charge in [-0.05, 0) is 19.9 Å². The minimum atomic E-state index is -0.487. The molecule has 0 bridgehead atoms. The first-order valence-electron chi connectivity index (χ1n) is 3.93. The van der Waals surface area contributed by atoms with Crippen LogP contribution < -0.4 is 5.32 Å². The molecule has 0 heterocycles. The molecule has 0 spiro atoms. The minimum Gasteiger partial charge on any atom is -0.377 e. The summed E-state index contributed by atoms with van der Waals surface area (Å²) in [5.41, 5.74) is 0.346. The Labute approximate surface area is 77.8 Å². The highest BCUT2D eigenvalue weighted by Crippen LogP contribution is 2.05. The second-order valence-electron chi connectivity index (χ2n) is 2.76. The van der Waals surface area contributed by atoms with E-state index in [1.807, 2.05) is 13.8 Å². The molecule has 0 aliphatic rings. The van der Waals surface area contributed by atoms with E-state index in [2.05, 4.69) is 18.5 Å². The summed E-state index contributed by atoms with van der Waals surface area (Å²) in [6, 6.07) is 0.128. The van der Waals surface area contributed by atoms with Gasteiger partial charge in [0.1, 0.15) is 5.70 Å². The van der Waals surface area contributed by atoms with Gasteiger partial charge in [0.15, 0.2) is 0 Å². The van der Waals surface area contributed by atoms with Crippen molar-refractivity contribution in [2.75, 3.05) is 0 Å². The normalized spacial score (nSPS) is 11.9. The van der Waals surface area contributed by atoms with Gasteiger partial charge in [-0.2, -0.15) is 0 Å². The number of nitrogens with one attached hydrogen (secondary N) is 1. The first-order valence-corrected chi connectivity index (χ1v) is 3.93. The average Bonchev–Trinajstić information content (AvgIpc) is 2.02. The fraction of sp³-hybridized carbons (Fsp3) is 0.333. The van der Waals surface area contributed by atoms with Crippen LogP contribution in [0.3, 0.4) is 0 Å². The van der Waals surface area contributed by atoms with E-state index < -0.39 is 4.92 Å². The average molecular weight is 182 g/mol. The Balaban J connectivity index is 4.93. The van der Waals surface area contributed by atoms with Crippen LogP contribution in [0.1, 0.15) is 13.8 Å². The molecule has 4 heteroatoms. The summed E-state index contributed by atoms with van der Waals surface area (Å²) in [4.78, 5) is 10.0. The number of nitrogens with zero attached hydrogens (tertiary/aromatic N) is 1. The fourth-order valence-electron chi connectivity index (χ4n) is 0.831. The molecule has 72 valence electrons. The monoisotopic (exact) mass is 182 g/mol. The Morgan fingerprint density at radius 1 is 1.46 bits per heavy atom. The summed E-state index contributed by atoms with van der Waals surface area (Å²) >= 11 is 0. The fourth-order valence-corrected chi connectivity index (χ4v) is 0.831. The van der Waals surface area contributed by atoms with Crippen LogP contribution in [0, 0.1) is 10.1 Å². The molecular formula is C9H14N2O2. The van der Waals surface area contributed by atoms with E-state index in [4.69, 9.17) is 0 Å². The molecule has 0 saturated heterocycles. The highest BCUT2D eigenvalue weighted by Gasteiger charge is 2.12. The zero-order valence-electron chi connectivity index (χ0n) is 7.91. The molecule has 0 aromatic carbocycles. The molecule has 0 unspecified atom stereocenters. The highest BCUT2D eigenvalue weighted by atomic mass is 16.6. The van der Waals surface area contributed by atoms with Crippen LogP contribution in [-0.4, -0.2) is 11.0 Å². The van der Waals surface area contributed by atoms with Gasteiger partial charge >= 0.3 is 0 Å². The van der Waals surface area contributed by atoms with Crippen molar-refractivity contribution in [3.8, 4) is 0 Å². The number of hydrogen-bond acceptors (Lipinski definition) is 3. The van der Waals surface area contributed by atoms with Gasteiger partial charge < -0.3 is 5.32 Å². The summed E-state index contributed by atoms with van der Waals surface area (Å²) < 4.78 is 0. The van der Waals surface area contributed by atoms with E-state index in [1.165, 1.54) is 12.2 Å². The smallest absolute Gasteiger partial charge is 0.291 e. The number of rotatable bonds is 5. The molecule has 0 aliphatic heterocycles. The molecule has 13 heavy (non-hydrogen) atoms. The molecule has 0 rings (SSSR count). The Morgan fingerprint density at radius 2 is 2.00 bits per heavy atom. The molecule has 1 N–H and O–H groups in total. The van der Waals surface area contributed by atoms with E-state index in [1.54, 1.807) is 0 Å². The summed E-state index contributed by atoms with van der Waals surface area (Å²) in [5, 5.41) is 13.4. The van der Waals surface area contributed by atoms with Crippen molar-refractivity contribution in [1.82, 2.24) is 5.32 Å². The number of allylic oxidation sites excluding steroid dienone is 2. The molecule has 0 saturated carbocycles. The first-order chi connectivity index (χ1) is 6.02. The quantitative estimate of drug-likeness (QED) is 0.401. The van der Waals surface area contributed by atoms with Gasteiger partial charge in [0, 0.05) is 12.1 Å². The van der Waals surface area contributed by atoms with E-state index in [0.717, 1.165) is 0 Å². The molecule has 4 nitrogen and oxygen atoms in total. The largest absolute Gasteiger partial charge is 0.377 e. The van der Waals surface area contributed by atoms with Crippen LogP contribution in [0.2, 0.25) is 0 Å². The Morgan fingerprint density at radius 3 is 2.23 bits per heavy atom. The second kappa shape index (κ2) is 5.13. The molecule has 0 aromatic heterocycles. The Hall–Kier alpha value is -1.58. The predicted molar refractivity (Wildman–Crippen MR) is 52.7 cm³/mol. The molecular weight excluding hydrogens is 168 g/mol. The number of nitro groups is 1. The third-order valence-corrected chi connectivity index (χ3v) is 1.31. The molecule has 0 fully saturated rings. The topological polar surface area (TPSA) is 55.2 Å². The number of hydrogen-bond donors (Lipinski definition) is 1. The Kier molecular flexibility index (Phi) is 4.51. The summed E-state index contributed by atoms with van der Waals surface area (Å²) in [7, 11) is 0. The maximum atomic E-state index is 10.5. The van der Waals surface area contributed by atoms with Gasteiger partial charge in [0.05, 0.1) is 4.92 Å². The maximum absolute atomic E-state index is 10.5. The van der Waals surface area contributed by atoms with Crippen LogP contribution >= 0.6 is 0 Å². The van der Waals surface area contributed by atoms with E-state index in [-0.39, 0.29) is 11.7 Å². The van der Waals surface area contributed by atoms with Crippen LogP contribution in [0.15, 0.2) is 36.7 Å². The zero-order chi connectivity index (χ0) is 10.4. The van der Waals surface area contributed by atoms with Crippen molar-refractivity contribution >= 4 is 0 Å². The van der Waals surface area contributed by atoms with Crippen molar-refractivity contribution in [2.45, 2.75) is 19.9 Å². The van der Waals surface area contributed by atoms with Crippen molar-refractivity contribution in [1.29, 1.82) is 0 Å². The lowest BCUT2D eigenvalue weighted by atomic mass is 10.2. The molecule has 0 aliphatic carbocycles. The summed E-state index contributed by atoms with van der Waals surface area (Å²) in [6.45, 7) is 10.6. The van der Waals surface area contributed by atoms with E-state index in [0.29, 0.717) is 5.70 Å². The molecule has 0 amide bonds. The SMILES string of the molecule is C=C/C(NC(C)C)=C(\C=C)[N+](=O)[O-]. The molecule has 0 aromatic rings. The second-order valence-corrected chi connectivity index (χ2v) is 2.76. The summed E-state index contributed by atoms with van der Waals surface area (Å²) in [5.74, 6) is 0. The molecule has 0 atom stereocenters. The van der Waals surface area contributed by atoms with E-state index >= 15 is 0 Å². The molecule has 0 radical (unpaired) electrons. The highest BCUT2D eigenvalue weighted by molar-refractivity contribution is 5.24. The van der Waals surface area contributed by atoms with Gasteiger partial charge in [-0.25, -0.2) is 0 Å². The van der Waals surface area contributed by atoms with Crippen LogP contribution in [-0.2, 0) is 0 Å². The minimum absolute atomic E-state index is 0.0521.